The summed E-state index contributed by atoms with van der Waals surface area (Å²) in [5.74, 6) is 2.76. The third-order valence-electron chi connectivity index (χ3n) is 12.1. The summed E-state index contributed by atoms with van der Waals surface area (Å²) in [6.45, 7) is 20.8. The summed E-state index contributed by atoms with van der Waals surface area (Å²) in [7, 11) is 7.86. The summed E-state index contributed by atoms with van der Waals surface area (Å²) in [6.07, 6.45) is 14.5. The predicted molar refractivity (Wildman–Crippen MR) is 234 cm³/mol. The second-order valence-electron chi connectivity index (χ2n) is 15.9. The van der Waals surface area contributed by atoms with Crippen LogP contribution in [0.25, 0.3) is 17.0 Å². The second kappa shape index (κ2) is 16.1. The monoisotopic (exact) mass is 773 g/mol. The number of fused-ring (bicyclic) bond motifs is 2. The smallest absolute Gasteiger partial charge is 0.227 e. The molecule has 4 N–H and O–H groups in total. The summed E-state index contributed by atoms with van der Waals surface area (Å²) >= 11 is 6.65. The van der Waals surface area contributed by atoms with Crippen LogP contribution in [0.5, 0.6) is 0 Å². The number of hydrogen-bond acceptors (Lipinski definition) is 10. The van der Waals surface area contributed by atoms with Crippen LogP contribution in [-0.2, 0) is 7.05 Å². The Bertz CT molecular complexity index is 2200. The molecule has 0 amide bonds. The average Bonchev–Trinajstić information content (AvgIpc) is 3.50. The van der Waals surface area contributed by atoms with E-state index in [1.54, 1.807) is 6.20 Å². The number of nitrogens with one attached hydrogen (secondary N) is 4. The molecule has 294 valence electrons. The van der Waals surface area contributed by atoms with Crippen LogP contribution in [0.4, 0.5) is 29.0 Å². The van der Waals surface area contributed by atoms with E-state index in [1.165, 1.54) is 5.39 Å². The number of likely N-dealkylation sites (N-methyl/N-ethyl adjacent to an activating group) is 2. The molecular formula is C44H56ClN11. The number of nitrogens with zero attached hydrogens (tertiary/aromatic N) is 7. The topological polar surface area (TPSA) is 111 Å². The maximum absolute atomic E-state index is 6.65. The van der Waals surface area contributed by atoms with Crippen LogP contribution in [0.1, 0.15) is 69.0 Å². The van der Waals surface area contributed by atoms with Crippen molar-refractivity contribution in [3.8, 4) is 0 Å². The summed E-state index contributed by atoms with van der Waals surface area (Å²) in [5, 5.41) is 20.3. The molecule has 12 heteroatoms. The highest BCUT2D eigenvalue weighted by Crippen LogP contribution is 2.48. The molecule has 0 bridgehead atoms. The Morgan fingerprint density at radius 3 is 2.62 bits per heavy atom. The lowest BCUT2D eigenvalue weighted by atomic mass is 9.64. The summed E-state index contributed by atoms with van der Waals surface area (Å²) in [4.78, 5) is 18.6. The van der Waals surface area contributed by atoms with Crippen molar-refractivity contribution in [1.82, 2.24) is 35.4 Å². The zero-order chi connectivity index (χ0) is 39.7. The van der Waals surface area contributed by atoms with E-state index in [0.717, 1.165) is 115 Å². The summed E-state index contributed by atoms with van der Waals surface area (Å²) in [5.41, 5.74) is 9.48. The number of aryl methyl sites for hydroxylation is 1. The fraction of sp³-hybridized carbons (Fsp3) is 0.409. The summed E-state index contributed by atoms with van der Waals surface area (Å²) < 4.78 is 2.00. The number of rotatable bonds is 15. The van der Waals surface area contributed by atoms with E-state index in [9.17, 15) is 0 Å². The SMILES string of the molecule is C=CCCC(C(=C)NC)c1nn(C)c2cc(NC3CCC4(CC3C)CN(c3ncc(Cl)c(Nc5cnc6c(c5)C=C(CCC(=C)NC)C(=C)N6C)n3)C4)ccc12. The quantitative estimate of drug-likeness (QED) is 0.0875. The molecule has 3 atom stereocenters. The third kappa shape index (κ3) is 7.74. The third-order valence-corrected chi connectivity index (χ3v) is 12.4. The van der Waals surface area contributed by atoms with Crippen molar-refractivity contribution in [2.75, 3.05) is 54.7 Å². The molecule has 3 aliphatic rings. The first-order valence-electron chi connectivity index (χ1n) is 19.7. The maximum Gasteiger partial charge on any atom is 0.227 e. The minimum atomic E-state index is 0.125. The highest BCUT2D eigenvalue weighted by atomic mass is 35.5. The van der Waals surface area contributed by atoms with Gasteiger partial charge in [0.05, 0.1) is 29.3 Å². The molecule has 0 radical (unpaired) electrons. The number of aromatic nitrogens is 5. The number of anilines is 5. The van der Waals surface area contributed by atoms with E-state index in [0.29, 0.717) is 28.7 Å². The van der Waals surface area contributed by atoms with Gasteiger partial charge in [0.1, 0.15) is 10.8 Å². The van der Waals surface area contributed by atoms with Crippen molar-refractivity contribution >= 4 is 57.5 Å². The van der Waals surface area contributed by atoms with Gasteiger partial charge in [-0.05, 0) is 86.8 Å². The Kier molecular flexibility index (Phi) is 11.2. The zero-order valence-corrected chi connectivity index (χ0v) is 34.3. The lowest BCUT2D eigenvalue weighted by Crippen LogP contribution is -2.60. The van der Waals surface area contributed by atoms with Gasteiger partial charge in [-0.1, -0.05) is 44.3 Å². The molecule has 3 unspecified atom stereocenters. The van der Waals surface area contributed by atoms with Gasteiger partial charge in [0.15, 0.2) is 5.82 Å². The molecule has 2 aliphatic heterocycles. The van der Waals surface area contributed by atoms with Gasteiger partial charge >= 0.3 is 0 Å². The number of pyridine rings is 1. The first-order chi connectivity index (χ1) is 26.9. The van der Waals surface area contributed by atoms with Gasteiger partial charge in [0, 0.05) is 92.4 Å². The minimum absolute atomic E-state index is 0.125. The lowest BCUT2D eigenvalue weighted by molar-refractivity contribution is 0.0963. The first kappa shape index (κ1) is 39.0. The molecule has 5 heterocycles. The van der Waals surface area contributed by atoms with E-state index in [1.807, 2.05) is 50.0 Å². The molecule has 7 rings (SSSR count). The lowest BCUT2D eigenvalue weighted by Gasteiger charge is -2.55. The molecule has 4 aromatic rings. The van der Waals surface area contributed by atoms with E-state index >= 15 is 0 Å². The number of benzene rings is 1. The van der Waals surface area contributed by atoms with Crippen molar-refractivity contribution in [3.05, 3.63) is 108 Å². The predicted octanol–water partition coefficient (Wildman–Crippen LogP) is 8.91. The van der Waals surface area contributed by atoms with Crippen molar-refractivity contribution in [2.45, 2.75) is 63.8 Å². The standard InChI is InChI=1S/C44H56ClN11/c1-10-11-12-35(29(4)47-7)40-36-16-15-33(21-39(36)55(9)53-40)50-38-17-18-44(22-27(38)2)25-56(26-44)43-49-24-37(45)41(52-43)51-34-20-32-19-31(14-13-28(3)46-6)30(5)54(8)42(32)48-23-34/h10,15-16,19-21,23-24,27,35,38,46-47,50H,1,3-5,11-14,17-18,22,25-26H2,2,6-9H3,(H,49,51,52). The number of halogens is 1. The zero-order valence-electron chi connectivity index (χ0n) is 33.6. The second-order valence-corrected chi connectivity index (χ2v) is 16.3. The van der Waals surface area contributed by atoms with Gasteiger partial charge < -0.3 is 31.1 Å². The van der Waals surface area contributed by atoms with Gasteiger partial charge in [-0.15, -0.1) is 6.58 Å². The van der Waals surface area contributed by atoms with Crippen LogP contribution in [0.3, 0.4) is 0 Å². The van der Waals surface area contributed by atoms with E-state index in [-0.39, 0.29) is 11.3 Å². The van der Waals surface area contributed by atoms with Crippen molar-refractivity contribution in [3.63, 3.8) is 0 Å². The first-order valence-corrected chi connectivity index (χ1v) is 20.0. The van der Waals surface area contributed by atoms with Crippen LogP contribution in [0.15, 0.2) is 91.7 Å². The van der Waals surface area contributed by atoms with Crippen LogP contribution < -0.4 is 31.1 Å². The van der Waals surface area contributed by atoms with Crippen LogP contribution in [0, 0.1) is 11.3 Å². The average molecular weight is 774 g/mol. The van der Waals surface area contributed by atoms with Crippen molar-refractivity contribution < 1.29 is 0 Å². The summed E-state index contributed by atoms with van der Waals surface area (Å²) in [6, 6.07) is 9.15. The molecule has 1 spiro atoms. The largest absolute Gasteiger partial charge is 0.392 e. The van der Waals surface area contributed by atoms with Gasteiger partial charge in [0.2, 0.25) is 5.95 Å². The molecule has 56 heavy (non-hydrogen) atoms. The van der Waals surface area contributed by atoms with Crippen LogP contribution in [0.2, 0.25) is 5.02 Å². The number of allylic oxidation sites excluding steroid dienone is 4. The Hall–Kier alpha value is -5.29. The molecule has 3 aromatic heterocycles. The minimum Gasteiger partial charge on any atom is -0.392 e. The van der Waals surface area contributed by atoms with Crippen LogP contribution >= 0.6 is 11.6 Å². The molecule has 1 saturated carbocycles. The van der Waals surface area contributed by atoms with Gasteiger partial charge in [-0.25, -0.2) is 9.97 Å². The molecule has 1 aliphatic carbocycles. The van der Waals surface area contributed by atoms with E-state index in [2.05, 4.69) is 94.7 Å². The highest BCUT2D eigenvalue weighted by molar-refractivity contribution is 6.32. The molecule has 1 aromatic carbocycles. The van der Waals surface area contributed by atoms with Gasteiger partial charge in [-0.2, -0.15) is 10.1 Å². The Labute approximate surface area is 336 Å². The molecular weight excluding hydrogens is 718 g/mol. The molecule has 1 saturated heterocycles. The van der Waals surface area contributed by atoms with Gasteiger partial charge in [0.25, 0.3) is 0 Å². The van der Waals surface area contributed by atoms with Gasteiger partial charge in [-0.3, -0.25) is 4.68 Å². The van der Waals surface area contributed by atoms with E-state index < -0.39 is 0 Å². The maximum atomic E-state index is 6.65. The fourth-order valence-corrected chi connectivity index (χ4v) is 8.90. The molecule has 11 nitrogen and oxygen atoms in total. The van der Waals surface area contributed by atoms with Crippen LogP contribution in [-0.4, -0.2) is 65.0 Å². The highest BCUT2D eigenvalue weighted by Gasteiger charge is 2.48. The fourth-order valence-electron chi connectivity index (χ4n) is 8.77. The Balaban J connectivity index is 0.981. The normalized spacial score (nSPS) is 19.2. The Morgan fingerprint density at radius 2 is 1.89 bits per heavy atom. The Morgan fingerprint density at radius 1 is 1.09 bits per heavy atom. The van der Waals surface area contributed by atoms with Crippen molar-refractivity contribution in [2.24, 2.45) is 18.4 Å². The molecule has 2 fully saturated rings. The van der Waals surface area contributed by atoms with E-state index in [4.69, 9.17) is 26.7 Å². The number of hydrogen-bond donors (Lipinski definition) is 4. The van der Waals surface area contributed by atoms with Crippen molar-refractivity contribution in [1.29, 1.82) is 0 Å².